The Hall–Kier alpha value is -4.37. The number of ether oxygens (including phenoxy) is 4. The van der Waals surface area contributed by atoms with E-state index in [-0.39, 0.29) is 17.8 Å². The third kappa shape index (κ3) is 10.1. The molecule has 1 saturated carbocycles. The van der Waals surface area contributed by atoms with Crippen molar-refractivity contribution < 1.29 is 68.7 Å². The van der Waals surface area contributed by atoms with Crippen molar-refractivity contribution >= 4 is 40.8 Å². The highest BCUT2D eigenvalue weighted by molar-refractivity contribution is 5.93. The maximum atomic E-state index is 12.1. The molecular weight excluding hydrogens is 772 g/mol. The van der Waals surface area contributed by atoms with Crippen LogP contribution in [0.25, 0.3) is 11.0 Å². The molecule has 2 saturated heterocycles. The summed E-state index contributed by atoms with van der Waals surface area (Å²) in [6.07, 6.45) is -16.0. The first-order valence-corrected chi connectivity index (χ1v) is 18.3. The van der Waals surface area contributed by atoms with E-state index >= 15 is 0 Å². The molecule has 0 unspecified atom stereocenters. The highest BCUT2D eigenvalue weighted by Crippen LogP contribution is 2.38. The van der Waals surface area contributed by atoms with E-state index in [0.717, 1.165) is 17.4 Å². The van der Waals surface area contributed by atoms with Crippen LogP contribution in [0.15, 0.2) is 43.5 Å². The van der Waals surface area contributed by atoms with Crippen LogP contribution in [0.5, 0.6) is 0 Å². The Morgan fingerprint density at radius 2 is 1.59 bits per heavy atom. The van der Waals surface area contributed by atoms with E-state index in [1.165, 1.54) is 20.0 Å². The van der Waals surface area contributed by atoms with Crippen molar-refractivity contribution in [2.45, 2.75) is 125 Å². The molecule has 1 aromatic carbocycles. The van der Waals surface area contributed by atoms with Crippen LogP contribution in [-0.4, -0.2) is 165 Å². The quantitative estimate of drug-likeness (QED) is 0.0411. The third-order valence-electron chi connectivity index (χ3n) is 10.0. The molecule has 17 N–H and O–H groups in total. The lowest BCUT2D eigenvalue weighted by atomic mass is 9.81. The number of nitrogens with two attached hydrogens (primary N) is 4. The topological polar surface area (TPSA) is 396 Å². The van der Waals surface area contributed by atoms with Gasteiger partial charge in [-0.2, -0.15) is 0 Å². The van der Waals surface area contributed by atoms with Crippen LogP contribution in [0.4, 0.5) is 5.69 Å². The fraction of sp³-hybridized carbons (Fsp3) is 0.629. The number of aldehydes is 1. The molecule has 58 heavy (non-hydrogen) atoms. The van der Waals surface area contributed by atoms with Gasteiger partial charge in [0.2, 0.25) is 5.91 Å². The molecule has 3 heterocycles. The van der Waals surface area contributed by atoms with Crippen LogP contribution in [0.3, 0.4) is 0 Å². The van der Waals surface area contributed by atoms with Gasteiger partial charge in [-0.3, -0.25) is 9.59 Å². The zero-order valence-electron chi connectivity index (χ0n) is 32.2. The molecule has 1 aliphatic carbocycles. The van der Waals surface area contributed by atoms with Gasteiger partial charge in [0.15, 0.2) is 36.4 Å². The number of aliphatic hydroxyl groups is 7. The van der Waals surface area contributed by atoms with Crippen molar-refractivity contribution in [3.05, 3.63) is 40.2 Å². The van der Waals surface area contributed by atoms with Gasteiger partial charge in [-0.25, -0.2) is 14.8 Å². The molecule has 3 aliphatic rings. The predicted octanol–water partition coefficient (Wildman–Crippen LogP) is -5.32. The van der Waals surface area contributed by atoms with E-state index in [9.17, 15) is 50.1 Å². The number of guanidine groups is 2. The van der Waals surface area contributed by atoms with E-state index in [1.54, 1.807) is 6.07 Å². The predicted molar refractivity (Wildman–Crippen MR) is 204 cm³/mol. The van der Waals surface area contributed by atoms with Crippen LogP contribution in [0.1, 0.15) is 32.3 Å². The summed E-state index contributed by atoms with van der Waals surface area (Å²) < 4.78 is 28.1. The van der Waals surface area contributed by atoms with Crippen molar-refractivity contribution in [2.24, 2.45) is 32.9 Å². The summed E-state index contributed by atoms with van der Waals surface area (Å²) in [4.78, 5) is 42.5. The Labute approximate surface area is 331 Å². The van der Waals surface area contributed by atoms with Crippen LogP contribution in [0, 0.1) is 6.92 Å². The smallest absolute Gasteiger partial charge is 0.336 e. The largest absolute Gasteiger partial charge is 0.423 e. The normalized spacial score (nSPS) is 36.0. The summed E-state index contributed by atoms with van der Waals surface area (Å²) in [7, 11) is 1.42. The lowest BCUT2D eigenvalue weighted by Gasteiger charge is -2.45. The van der Waals surface area contributed by atoms with Crippen molar-refractivity contribution in [1.29, 1.82) is 0 Å². The lowest BCUT2D eigenvalue weighted by Crippen LogP contribution is -2.66. The molecule has 23 heteroatoms. The lowest BCUT2D eigenvalue weighted by molar-refractivity contribution is -0.314. The van der Waals surface area contributed by atoms with E-state index in [2.05, 4.69) is 20.6 Å². The van der Waals surface area contributed by atoms with Gasteiger partial charge in [-0.05, 0) is 45.0 Å². The average Bonchev–Trinajstić information content (AvgIpc) is 3.39. The van der Waals surface area contributed by atoms with Gasteiger partial charge in [0.1, 0.15) is 66.5 Å². The molecular formula is C35H54N8O15. The first-order chi connectivity index (χ1) is 27.3. The molecule has 15 atom stereocenters. The average molecular weight is 827 g/mol. The van der Waals surface area contributed by atoms with E-state index in [4.69, 9.17) is 46.3 Å². The summed E-state index contributed by atoms with van der Waals surface area (Å²) >= 11 is 0. The number of carbonyl (C=O) groups is 2. The summed E-state index contributed by atoms with van der Waals surface area (Å²) in [5, 5.41) is 80.3. The maximum Gasteiger partial charge on any atom is 0.336 e. The first kappa shape index (κ1) is 46.3. The van der Waals surface area contributed by atoms with E-state index in [1.807, 2.05) is 26.0 Å². The molecule has 23 nitrogen and oxygen atoms in total. The molecule has 324 valence electrons. The Kier molecular flexibility index (Phi) is 15.6. The molecule has 2 aliphatic heterocycles. The highest BCUT2D eigenvalue weighted by atomic mass is 16.8. The monoisotopic (exact) mass is 826 g/mol. The van der Waals surface area contributed by atoms with Gasteiger partial charge in [-0.15, -0.1) is 0 Å². The number of aryl methyl sites for hydroxylation is 1. The van der Waals surface area contributed by atoms with Crippen molar-refractivity contribution in [2.75, 3.05) is 19.0 Å². The molecule has 3 fully saturated rings. The summed E-state index contributed by atoms with van der Waals surface area (Å²) in [5.41, 5.74) is 21.0. The molecule has 1 aromatic heterocycles. The number of fused-ring (bicyclic) bond motifs is 1. The zero-order chi connectivity index (χ0) is 43.2. The van der Waals surface area contributed by atoms with Gasteiger partial charge in [0.05, 0.1) is 18.8 Å². The van der Waals surface area contributed by atoms with Crippen molar-refractivity contribution in [1.82, 2.24) is 5.32 Å². The number of aliphatic hydroxyl groups excluding tert-OH is 6. The summed E-state index contributed by atoms with van der Waals surface area (Å²) in [6.45, 7) is 4.42. The number of benzene rings is 1. The number of aliphatic imine (C=N–C) groups is 2. The number of hydrogen-bond donors (Lipinski definition) is 13. The maximum absolute atomic E-state index is 12.1. The van der Waals surface area contributed by atoms with Crippen LogP contribution in [-0.2, 0) is 28.5 Å². The Morgan fingerprint density at radius 3 is 2.17 bits per heavy atom. The summed E-state index contributed by atoms with van der Waals surface area (Å²) in [6, 6.07) is 2.70. The molecule has 0 spiro atoms. The van der Waals surface area contributed by atoms with Crippen LogP contribution in [0.2, 0.25) is 0 Å². The minimum absolute atomic E-state index is 0.0353. The van der Waals surface area contributed by atoms with Gasteiger partial charge in [-0.1, -0.05) is 6.92 Å². The second-order valence-corrected chi connectivity index (χ2v) is 14.1. The first-order valence-electron chi connectivity index (χ1n) is 18.3. The molecule has 1 amide bonds. The standard InChI is InChI=1S/C21H39N7O12.C14H15NO3/c1-5-21(36,4-30)16(40-17-9(26-2)13(34)10(31)6(3-29)38-17)18(37-5)39-15-8(28-20(24)25)11(32)7(27-19(22)23)12(33)14(15)35;1-3-4-13(16)15-10-5-6-11-9(2)7-14(17)18-12(11)8-10/h4-18,26,29,31-36H,3H2,1-2H3,(H4,22,23,27)(H4,24,25,28);5-8H,3-4H2,1-2H3,(H,15,16)/t5-,6-,7+,8-,9-,10-,11+,12-,13-,14+,15+,16-,17-,18-,21+;/m0./s1. The Morgan fingerprint density at radius 1 is 0.931 bits per heavy atom. The third-order valence-corrected chi connectivity index (χ3v) is 10.0. The highest BCUT2D eigenvalue weighted by Gasteiger charge is 2.61. The molecule has 5 rings (SSSR count). The Bertz CT molecular complexity index is 1840. The van der Waals surface area contributed by atoms with Gasteiger partial charge in [0.25, 0.3) is 0 Å². The molecule has 0 radical (unpaired) electrons. The molecule has 2 aromatic rings. The van der Waals surface area contributed by atoms with Crippen molar-refractivity contribution in [3.63, 3.8) is 0 Å². The van der Waals surface area contributed by atoms with Crippen molar-refractivity contribution in [3.8, 4) is 0 Å². The number of likely N-dealkylation sites (N-methyl/N-ethyl adjacent to an activating group) is 1. The fourth-order valence-electron chi connectivity index (χ4n) is 6.93. The SMILES string of the molecule is CCCC(=O)Nc1ccc2c(C)cc(=O)oc2c1.CN[C@@H]1[C@H](O[C@H]2[C@H](O[C@H]3[C@H](O)[C@@H](O)[C@H](N=C(N)N)[C@@H](O)[C@@H]3N=C(N)N)O[C@@H](C)[C@]2(O)C=O)O[C@@H](CO)[C@H](O)[C@H]1O. The number of nitrogens with one attached hydrogen (secondary N) is 2. The van der Waals surface area contributed by atoms with E-state index < -0.39 is 110 Å². The second kappa shape index (κ2) is 19.6. The van der Waals surface area contributed by atoms with Gasteiger partial charge >= 0.3 is 5.63 Å². The van der Waals surface area contributed by atoms with Crippen LogP contribution >= 0.6 is 0 Å². The van der Waals surface area contributed by atoms with E-state index in [0.29, 0.717) is 17.7 Å². The van der Waals surface area contributed by atoms with Crippen LogP contribution < -0.4 is 39.2 Å². The number of carbonyl (C=O) groups excluding carboxylic acids is 2. The minimum Gasteiger partial charge on any atom is -0.423 e. The molecule has 0 bridgehead atoms. The number of hydrogen-bond acceptors (Lipinski definition) is 18. The Balaban J connectivity index is 0.000000343. The number of rotatable bonds is 12. The zero-order valence-corrected chi connectivity index (χ0v) is 32.2. The summed E-state index contributed by atoms with van der Waals surface area (Å²) in [5.74, 6) is -1.07. The van der Waals surface area contributed by atoms with Gasteiger partial charge in [0, 0.05) is 29.6 Å². The van der Waals surface area contributed by atoms with Gasteiger partial charge < -0.3 is 92.7 Å². The number of anilines is 1. The fourth-order valence-corrected chi connectivity index (χ4v) is 6.93. The minimum atomic E-state index is -2.38. The second-order valence-electron chi connectivity index (χ2n) is 14.1. The number of nitrogens with zero attached hydrogens (tertiary/aromatic N) is 2. The number of amides is 1.